The fraction of sp³-hybridized carbons (Fsp3) is 0.227. The van der Waals surface area contributed by atoms with Crippen LogP contribution in [0.5, 0.6) is 0 Å². The van der Waals surface area contributed by atoms with E-state index in [9.17, 15) is 22.8 Å². The Bertz CT molecular complexity index is 1060. The Balaban J connectivity index is 2.13. The Labute approximate surface area is 171 Å². The van der Waals surface area contributed by atoms with Gasteiger partial charge in [-0.3, -0.25) is 19.2 Å². The molecular weight excluding hydrogens is 395 g/mol. The molecule has 0 aliphatic carbocycles. The van der Waals surface area contributed by atoms with E-state index in [1.165, 1.54) is 48.3 Å². The van der Waals surface area contributed by atoms with Crippen LogP contribution in [0.3, 0.4) is 0 Å². The summed E-state index contributed by atoms with van der Waals surface area (Å²) in [5.41, 5.74) is 1.89. The first-order valence-corrected chi connectivity index (χ1v) is 9.33. The average Bonchev–Trinajstić information content (AvgIpc) is 3.10. The number of aldehydes is 1. The minimum atomic E-state index is -2.67. The van der Waals surface area contributed by atoms with E-state index in [1.807, 2.05) is 6.92 Å². The zero-order valence-electron chi connectivity index (χ0n) is 16.5. The number of hydrogen-bond acceptors (Lipinski definition) is 3. The lowest BCUT2D eigenvalue weighted by Gasteiger charge is -2.17. The Morgan fingerprint density at radius 3 is 2.43 bits per heavy atom. The van der Waals surface area contributed by atoms with Gasteiger partial charge in [0, 0.05) is 23.7 Å². The first kappa shape index (κ1) is 21.3. The van der Waals surface area contributed by atoms with Gasteiger partial charge in [-0.25, -0.2) is 13.2 Å². The van der Waals surface area contributed by atoms with Gasteiger partial charge in [-0.1, -0.05) is 25.1 Å². The molecule has 0 atom stereocenters. The number of nitrogens with zero attached hydrogens (tertiary/aromatic N) is 3. The van der Waals surface area contributed by atoms with Crippen molar-refractivity contribution in [2.45, 2.75) is 26.3 Å². The molecule has 8 heteroatoms. The highest BCUT2D eigenvalue weighted by molar-refractivity contribution is 6.10. The summed E-state index contributed by atoms with van der Waals surface area (Å²) in [6, 6.07) is 11.8. The van der Waals surface area contributed by atoms with Crippen molar-refractivity contribution in [2.75, 3.05) is 11.9 Å². The second-order valence-corrected chi connectivity index (χ2v) is 6.65. The van der Waals surface area contributed by atoms with Crippen LogP contribution in [0.15, 0.2) is 48.5 Å². The zero-order chi connectivity index (χ0) is 21.8. The molecule has 2 aromatic carbocycles. The maximum absolute atomic E-state index is 13.4. The van der Waals surface area contributed by atoms with Gasteiger partial charge in [-0.15, -0.1) is 0 Å². The molecule has 1 amide bonds. The molecule has 0 aliphatic heterocycles. The van der Waals surface area contributed by atoms with Crippen LogP contribution >= 0.6 is 0 Å². The van der Waals surface area contributed by atoms with E-state index in [-0.39, 0.29) is 16.9 Å². The molecule has 0 bridgehead atoms. The summed E-state index contributed by atoms with van der Waals surface area (Å²) in [4.78, 5) is 25.6. The lowest BCUT2D eigenvalue weighted by atomic mass is 10.0. The third-order valence-corrected chi connectivity index (χ3v) is 4.75. The topological polar surface area (TPSA) is 55.2 Å². The summed E-state index contributed by atoms with van der Waals surface area (Å²) in [6.45, 7) is 1.14. The molecule has 0 N–H and O–H groups in total. The largest absolute Gasteiger partial charge is 0.298 e. The van der Waals surface area contributed by atoms with Crippen molar-refractivity contribution in [3.63, 3.8) is 0 Å². The van der Waals surface area contributed by atoms with E-state index in [0.29, 0.717) is 29.5 Å². The number of rotatable bonds is 7. The third-order valence-electron chi connectivity index (χ3n) is 4.75. The van der Waals surface area contributed by atoms with Gasteiger partial charge in [0.15, 0.2) is 12.1 Å². The van der Waals surface area contributed by atoms with Gasteiger partial charge in [-0.05, 0) is 36.8 Å². The van der Waals surface area contributed by atoms with E-state index in [0.717, 1.165) is 4.68 Å². The predicted octanol–water partition coefficient (Wildman–Crippen LogP) is 4.61. The Kier molecular flexibility index (Phi) is 6.34. The molecule has 0 saturated carbocycles. The van der Waals surface area contributed by atoms with Crippen LogP contribution < -0.4 is 4.90 Å². The van der Waals surface area contributed by atoms with Crippen molar-refractivity contribution in [3.05, 3.63) is 71.0 Å². The summed E-state index contributed by atoms with van der Waals surface area (Å²) in [7, 11) is 1.48. The molecule has 0 aliphatic rings. The van der Waals surface area contributed by atoms with Crippen LogP contribution in [0.25, 0.3) is 11.3 Å². The van der Waals surface area contributed by atoms with Crippen LogP contribution in [0.2, 0.25) is 0 Å². The Morgan fingerprint density at radius 2 is 1.83 bits per heavy atom. The van der Waals surface area contributed by atoms with Crippen molar-refractivity contribution < 1.29 is 22.8 Å². The quantitative estimate of drug-likeness (QED) is 0.530. The monoisotopic (exact) mass is 415 g/mol. The second kappa shape index (κ2) is 8.94. The fourth-order valence-electron chi connectivity index (χ4n) is 3.35. The number of aromatic nitrogens is 2. The van der Waals surface area contributed by atoms with Crippen molar-refractivity contribution in [2.24, 2.45) is 0 Å². The van der Waals surface area contributed by atoms with Crippen molar-refractivity contribution >= 4 is 18.0 Å². The predicted molar refractivity (Wildman–Crippen MR) is 108 cm³/mol. The molecule has 1 aromatic heterocycles. The normalized spacial score (nSPS) is 11.0. The molecule has 30 heavy (non-hydrogen) atoms. The van der Waals surface area contributed by atoms with E-state index in [2.05, 4.69) is 5.10 Å². The van der Waals surface area contributed by atoms with Gasteiger partial charge in [0.1, 0.15) is 12.4 Å². The summed E-state index contributed by atoms with van der Waals surface area (Å²) in [5.74, 6) is -0.724. The van der Waals surface area contributed by atoms with Crippen LogP contribution in [-0.4, -0.2) is 35.4 Å². The van der Waals surface area contributed by atoms with E-state index in [1.54, 1.807) is 12.1 Å². The molecule has 0 unspecified atom stereocenters. The number of alkyl halides is 2. The number of carbonyl (C=O) groups excluding carboxylic acids is 2. The minimum absolute atomic E-state index is 0.184. The van der Waals surface area contributed by atoms with Crippen molar-refractivity contribution in [1.82, 2.24) is 9.78 Å². The highest BCUT2D eigenvalue weighted by Crippen LogP contribution is 2.33. The maximum Gasteiger partial charge on any atom is 0.259 e. The molecule has 3 rings (SSSR count). The summed E-state index contributed by atoms with van der Waals surface area (Å²) in [6.07, 6.45) is -1.68. The Morgan fingerprint density at radius 1 is 1.17 bits per heavy atom. The molecular formula is C22H20F3N3O2. The molecule has 156 valence electrons. The second-order valence-electron chi connectivity index (χ2n) is 6.65. The van der Waals surface area contributed by atoms with E-state index < -0.39 is 24.7 Å². The van der Waals surface area contributed by atoms with Gasteiger partial charge in [0.25, 0.3) is 12.3 Å². The first-order chi connectivity index (χ1) is 14.4. The smallest absolute Gasteiger partial charge is 0.259 e. The molecule has 0 radical (unpaired) electrons. The van der Waals surface area contributed by atoms with Crippen molar-refractivity contribution in [3.8, 4) is 11.3 Å². The third kappa shape index (κ3) is 4.12. The van der Waals surface area contributed by atoms with Crippen LogP contribution in [-0.2, 0) is 13.0 Å². The molecule has 3 aromatic rings. The molecule has 0 spiro atoms. The average molecular weight is 415 g/mol. The Hall–Kier alpha value is -3.42. The molecule has 1 heterocycles. The summed E-state index contributed by atoms with van der Waals surface area (Å²) >= 11 is 0. The van der Waals surface area contributed by atoms with Gasteiger partial charge in [0.2, 0.25) is 0 Å². The van der Waals surface area contributed by atoms with Gasteiger partial charge >= 0.3 is 0 Å². The van der Waals surface area contributed by atoms with Gasteiger partial charge in [-0.2, -0.15) is 5.10 Å². The molecule has 0 saturated heterocycles. The number of amides is 1. The highest BCUT2D eigenvalue weighted by Gasteiger charge is 2.26. The summed E-state index contributed by atoms with van der Waals surface area (Å²) in [5, 5.41) is 4.28. The highest BCUT2D eigenvalue weighted by atomic mass is 19.3. The number of hydrogen-bond donors (Lipinski definition) is 0. The van der Waals surface area contributed by atoms with Crippen LogP contribution in [0.1, 0.15) is 33.2 Å². The molecule has 0 fully saturated rings. The zero-order valence-corrected chi connectivity index (χ0v) is 16.5. The molecule has 5 nitrogen and oxygen atoms in total. The minimum Gasteiger partial charge on any atom is -0.298 e. The van der Waals surface area contributed by atoms with Crippen molar-refractivity contribution in [1.29, 1.82) is 0 Å². The first-order valence-electron chi connectivity index (χ1n) is 9.33. The standard InChI is InChI=1S/C22H20F3N3O2/c1-3-17-20(14-8-10-16(23)11-9-14)28(12-19(24)25)26-21(17)27(2)22(30)18-7-5-4-6-15(18)13-29/h4-11,13,19H,3,12H2,1-2H3. The number of halogens is 3. The van der Waals surface area contributed by atoms with Gasteiger partial charge in [0.05, 0.1) is 11.3 Å². The maximum atomic E-state index is 13.4. The van der Waals surface area contributed by atoms with Crippen LogP contribution in [0.4, 0.5) is 19.0 Å². The lowest BCUT2D eigenvalue weighted by Crippen LogP contribution is -2.28. The van der Waals surface area contributed by atoms with Crippen LogP contribution in [0, 0.1) is 5.82 Å². The van der Waals surface area contributed by atoms with E-state index >= 15 is 0 Å². The van der Waals surface area contributed by atoms with Gasteiger partial charge < -0.3 is 0 Å². The number of benzene rings is 2. The SMILES string of the molecule is CCc1c(N(C)C(=O)c2ccccc2C=O)nn(CC(F)F)c1-c1ccc(F)cc1. The number of anilines is 1. The number of carbonyl (C=O) groups is 2. The lowest BCUT2D eigenvalue weighted by molar-refractivity contribution is 0.0985. The fourth-order valence-corrected chi connectivity index (χ4v) is 3.35. The summed E-state index contributed by atoms with van der Waals surface area (Å²) < 4.78 is 40.9. The van der Waals surface area contributed by atoms with E-state index in [4.69, 9.17) is 0 Å².